The Bertz CT molecular complexity index is 695. The Labute approximate surface area is 125 Å². The quantitative estimate of drug-likeness (QED) is 0.850. The molecule has 1 aromatic carbocycles. The van der Waals surface area contributed by atoms with Gasteiger partial charge in [-0.15, -0.1) is 0 Å². The maximum absolute atomic E-state index is 12.7. The van der Waals surface area contributed by atoms with Gasteiger partial charge in [0.25, 0.3) is 10.0 Å². The molecule has 2 aromatic rings. The fourth-order valence-electron chi connectivity index (χ4n) is 2.01. The summed E-state index contributed by atoms with van der Waals surface area (Å²) >= 11 is 0. The topological polar surface area (TPSA) is 78.1 Å². The van der Waals surface area contributed by atoms with Crippen LogP contribution in [0.1, 0.15) is 18.2 Å². The van der Waals surface area contributed by atoms with Crippen LogP contribution in [0.4, 0.5) is 5.69 Å². The molecule has 2 rings (SSSR count). The van der Waals surface area contributed by atoms with Crippen molar-refractivity contribution >= 4 is 15.7 Å². The smallest absolute Gasteiger partial charge is 0.283 e. The fourth-order valence-corrected chi connectivity index (χ4v) is 3.36. The van der Waals surface area contributed by atoms with Crippen molar-refractivity contribution in [1.82, 2.24) is 15.5 Å². The SMILES string of the molecule is CCNCc1c(S(=O)(=O)N(C)c2ccccc2)n[nH]c1C. The van der Waals surface area contributed by atoms with Crippen molar-refractivity contribution in [2.24, 2.45) is 0 Å². The molecule has 114 valence electrons. The third-order valence-corrected chi connectivity index (χ3v) is 5.07. The third kappa shape index (κ3) is 3.08. The lowest BCUT2D eigenvalue weighted by molar-refractivity contribution is 0.587. The highest BCUT2D eigenvalue weighted by Crippen LogP contribution is 2.24. The molecule has 21 heavy (non-hydrogen) atoms. The van der Waals surface area contributed by atoms with Gasteiger partial charge in [-0.05, 0) is 25.6 Å². The molecular weight excluding hydrogens is 288 g/mol. The zero-order valence-electron chi connectivity index (χ0n) is 12.4. The van der Waals surface area contributed by atoms with Gasteiger partial charge in [-0.25, -0.2) is 0 Å². The Morgan fingerprint density at radius 2 is 1.95 bits per heavy atom. The molecule has 6 nitrogen and oxygen atoms in total. The molecular formula is C14H20N4O2S. The zero-order valence-corrected chi connectivity index (χ0v) is 13.2. The minimum atomic E-state index is -3.68. The van der Waals surface area contributed by atoms with Crippen LogP contribution >= 0.6 is 0 Å². The molecule has 1 heterocycles. The molecule has 0 amide bonds. The molecule has 0 aliphatic carbocycles. The normalized spacial score (nSPS) is 11.6. The number of nitrogens with one attached hydrogen (secondary N) is 2. The molecule has 2 N–H and O–H groups in total. The molecule has 0 atom stereocenters. The Morgan fingerprint density at radius 1 is 1.29 bits per heavy atom. The second kappa shape index (κ2) is 6.28. The van der Waals surface area contributed by atoms with E-state index in [0.29, 0.717) is 17.8 Å². The lowest BCUT2D eigenvalue weighted by atomic mass is 10.2. The number of sulfonamides is 1. The molecule has 0 aliphatic rings. The third-order valence-electron chi connectivity index (χ3n) is 3.31. The highest BCUT2D eigenvalue weighted by atomic mass is 32.2. The number of anilines is 1. The van der Waals surface area contributed by atoms with Crippen molar-refractivity contribution in [1.29, 1.82) is 0 Å². The summed E-state index contributed by atoms with van der Waals surface area (Å²) in [6, 6.07) is 8.95. The van der Waals surface area contributed by atoms with Gasteiger partial charge < -0.3 is 5.32 Å². The summed E-state index contributed by atoms with van der Waals surface area (Å²) in [6.45, 7) is 5.02. The van der Waals surface area contributed by atoms with Crippen molar-refractivity contribution in [2.45, 2.75) is 25.4 Å². The van der Waals surface area contributed by atoms with Crippen LogP contribution in [-0.2, 0) is 16.6 Å². The number of rotatable bonds is 6. The Hall–Kier alpha value is -1.86. The minimum absolute atomic E-state index is 0.0762. The van der Waals surface area contributed by atoms with Crippen LogP contribution in [-0.4, -0.2) is 32.2 Å². The zero-order chi connectivity index (χ0) is 15.5. The summed E-state index contributed by atoms with van der Waals surface area (Å²) in [7, 11) is -2.15. The van der Waals surface area contributed by atoms with Crippen molar-refractivity contribution < 1.29 is 8.42 Å². The largest absolute Gasteiger partial charge is 0.313 e. The Balaban J connectivity index is 2.40. The van der Waals surface area contributed by atoms with E-state index in [4.69, 9.17) is 0 Å². The van der Waals surface area contributed by atoms with Crippen molar-refractivity contribution in [2.75, 3.05) is 17.9 Å². The summed E-state index contributed by atoms with van der Waals surface area (Å²) in [5.74, 6) is 0. The van der Waals surface area contributed by atoms with E-state index in [1.54, 1.807) is 24.3 Å². The summed E-state index contributed by atoms with van der Waals surface area (Å²) in [4.78, 5) is 0. The van der Waals surface area contributed by atoms with Gasteiger partial charge in [0.2, 0.25) is 5.03 Å². The molecule has 0 bridgehead atoms. The van der Waals surface area contributed by atoms with E-state index in [1.165, 1.54) is 11.4 Å². The van der Waals surface area contributed by atoms with Crippen LogP contribution < -0.4 is 9.62 Å². The first-order valence-electron chi connectivity index (χ1n) is 6.77. The van der Waals surface area contributed by atoms with E-state index in [-0.39, 0.29) is 5.03 Å². The lowest BCUT2D eigenvalue weighted by Gasteiger charge is -2.18. The molecule has 0 spiro atoms. The highest BCUT2D eigenvalue weighted by Gasteiger charge is 2.28. The first-order valence-corrected chi connectivity index (χ1v) is 8.21. The fraction of sp³-hybridized carbons (Fsp3) is 0.357. The molecule has 0 unspecified atom stereocenters. The average Bonchev–Trinajstić information content (AvgIpc) is 2.87. The van der Waals surface area contributed by atoms with Gasteiger partial charge in [-0.3, -0.25) is 9.40 Å². The van der Waals surface area contributed by atoms with Crippen LogP contribution in [0.5, 0.6) is 0 Å². The van der Waals surface area contributed by atoms with Crippen LogP contribution in [0.15, 0.2) is 35.4 Å². The standard InChI is InChI=1S/C14H20N4O2S/c1-4-15-10-13-11(2)16-17-14(13)21(19,20)18(3)12-8-6-5-7-9-12/h5-9,15H,4,10H2,1-3H3,(H,16,17). The van der Waals surface area contributed by atoms with Gasteiger partial charge >= 0.3 is 0 Å². The number of nitrogens with zero attached hydrogens (tertiary/aromatic N) is 2. The van der Waals surface area contributed by atoms with Gasteiger partial charge in [0.1, 0.15) is 0 Å². The molecule has 0 saturated heterocycles. The van der Waals surface area contributed by atoms with Crippen LogP contribution in [0.25, 0.3) is 0 Å². The number of H-pyrrole nitrogens is 1. The molecule has 0 fully saturated rings. The first-order chi connectivity index (χ1) is 9.98. The van der Waals surface area contributed by atoms with Crippen LogP contribution in [0, 0.1) is 6.92 Å². The van der Waals surface area contributed by atoms with Crippen LogP contribution in [0.2, 0.25) is 0 Å². The van der Waals surface area contributed by atoms with Gasteiger partial charge in [-0.2, -0.15) is 13.5 Å². The second-order valence-electron chi connectivity index (χ2n) is 4.72. The van der Waals surface area contributed by atoms with E-state index >= 15 is 0 Å². The molecule has 0 radical (unpaired) electrons. The first kappa shape index (κ1) is 15.5. The van der Waals surface area contributed by atoms with E-state index in [2.05, 4.69) is 15.5 Å². The number of aromatic amines is 1. The Morgan fingerprint density at radius 3 is 2.57 bits per heavy atom. The second-order valence-corrected chi connectivity index (χ2v) is 6.61. The van der Waals surface area contributed by atoms with E-state index in [1.807, 2.05) is 19.9 Å². The summed E-state index contributed by atoms with van der Waals surface area (Å²) in [5.41, 5.74) is 2.04. The lowest BCUT2D eigenvalue weighted by Crippen LogP contribution is -2.28. The molecule has 1 aromatic heterocycles. The number of hydrogen-bond donors (Lipinski definition) is 2. The average molecular weight is 308 g/mol. The maximum atomic E-state index is 12.7. The van der Waals surface area contributed by atoms with Gasteiger partial charge in [0.05, 0.1) is 5.69 Å². The number of aromatic nitrogens is 2. The summed E-state index contributed by atoms with van der Waals surface area (Å²) in [6.07, 6.45) is 0. The van der Waals surface area contributed by atoms with Crippen molar-refractivity contribution in [3.8, 4) is 0 Å². The monoisotopic (exact) mass is 308 g/mol. The predicted molar refractivity (Wildman–Crippen MR) is 82.7 cm³/mol. The van der Waals surface area contributed by atoms with Crippen LogP contribution in [0.3, 0.4) is 0 Å². The summed E-state index contributed by atoms with van der Waals surface area (Å²) in [5, 5.41) is 9.97. The van der Waals surface area contributed by atoms with E-state index < -0.39 is 10.0 Å². The van der Waals surface area contributed by atoms with E-state index in [9.17, 15) is 8.42 Å². The molecule has 0 aliphatic heterocycles. The number of aryl methyl sites for hydroxylation is 1. The van der Waals surface area contributed by atoms with Gasteiger partial charge in [-0.1, -0.05) is 25.1 Å². The van der Waals surface area contributed by atoms with Gasteiger partial charge in [0, 0.05) is 24.8 Å². The van der Waals surface area contributed by atoms with Crippen molar-refractivity contribution in [3.05, 3.63) is 41.6 Å². The van der Waals surface area contributed by atoms with Crippen molar-refractivity contribution in [3.63, 3.8) is 0 Å². The number of para-hydroxylation sites is 1. The Kier molecular flexibility index (Phi) is 4.64. The highest BCUT2D eigenvalue weighted by molar-refractivity contribution is 7.92. The van der Waals surface area contributed by atoms with Gasteiger partial charge in [0.15, 0.2) is 0 Å². The minimum Gasteiger partial charge on any atom is -0.313 e. The number of hydrogen-bond acceptors (Lipinski definition) is 4. The number of benzene rings is 1. The summed E-state index contributed by atoms with van der Waals surface area (Å²) < 4.78 is 26.7. The maximum Gasteiger partial charge on any atom is 0.283 e. The predicted octanol–water partition coefficient (Wildman–Crippen LogP) is 1.65. The molecule has 0 saturated carbocycles. The van der Waals surface area contributed by atoms with E-state index in [0.717, 1.165) is 12.2 Å². The molecule has 7 heteroatoms.